The molecule has 0 spiro atoms. The maximum absolute atomic E-state index is 5.52. The summed E-state index contributed by atoms with van der Waals surface area (Å²) < 4.78 is 0. The van der Waals surface area contributed by atoms with Crippen LogP contribution in [-0.4, -0.2) is 13.1 Å². The van der Waals surface area contributed by atoms with Crippen LogP contribution in [0.1, 0.15) is 25.7 Å². The van der Waals surface area contributed by atoms with Crippen molar-refractivity contribution in [3.63, 3.8) is 0 Å². The van der Waals surface area contributed by atoms with E-state index in [1.54, 1.807) is 0 Å². The number of hydrogen-bond donors (Lipinski definition) is 2. The maximum atomic E-state index is 5.52. The zero-order valence-electron chi connectivity index (χ0n) is 10.0. The lowest BCUT2D eigenvalue weighted by Crippen LogP contribution is -2.36. The Labute approximate surface area is 98.8 Å². The molecule has 90 valence electrons. The quantitative estimate of drug-likeness (QED) is 0.713. The zero-order chi connectivity index (χ0) is 11.4. The summed E-state index contributed by atoms with van der Waals surface area (Å²) in [5, 5.41) is 0. The highest BCUT2D eigenvalue weighted by atomic mass is 14.5. The van der Waals surface area contributed by atoms with Crippen molar-refractivity contribution in [1.82, 2.24) is 0 Å². The van der Waals surface area contributed by atoms with E-state index in [-0.39, 0.29) is 0 Å². The zero-order valence-corrected chi connectivity index (χ0v) is 10.0. The number of fused-ring (bicyclic) bond motifs is 3. The van der Waals surface area contributed by atoms with Crippen LogP contribution in [0.2, 0.25) is 0 Å². The molecule has 3 rings (SSSR count). The van der Waals surface area contributed by atoms with Crippen LogP contribution in [0.25, 0.3) is 0 Å². The molecule has 4 atom stereocenters. The maximum Gasteiger partial charge on any atom is 0.0106 e. The third kappa shape index (κ3) is 2.55. The van der Waals surface area contributed by atoms with E-state index in [9.17, 15) is 0 Å². The molecule has 3 aliphatic rings. The fourth-order valence-electron chi connectivity index (χ4n) is 3.50. The van der Waals surface area contributed by atoms with Crippen LogP contribution in [0.4, 0.5) is 0 Å². The van der Waals surface area contributed by atoms with Gasteiger partial charge in [-0.15, -0.1) is 0 Å². The van der Waals surface area contributed by atoms with E-state index >= 15 is 0 Å². The standard InChI is InChI=1S/C14H24N2/c15-7-1-3-11-9-14-6-5-13(11)10-12(14)4-2-8-16/h1-4,11-14H,5-10,15-16H2/b3-1+,4-2+. The summed E-state index contributed by atoms with van der Waals surface area (Å²) in [5.41, 5.74) is 11.0. The van der Waals surface area contributed by atoms with Crippen molar-refractivity contribution in [2.75, 3.05) is 13.1 Å². The minimum absolute atomic E-state index is 0.685. The number of allylic oxidation sites excluding steroid dienone is 2. The van der Waals surface area contributed by atoms with Crippen LogP contribution in [0.5, 0.6) is 0 Å². The number of hydrogen-bond acceptors (Lipinski definition) is 2. The monoisotopic (exact) mass is 220 g/mol. The largest absolute Gasteiger partial charge is 0.327 e. The molecule has 4 N–H and O–H groups in total. The molecule has 0 aromatic carbocycles. The van der Waals surface area contributed by atoms with E-state index in [0.717, 1.165) is 23.7 Å². The first-order valence-corrected chi connectivity index (χ1v) is 6.58. The Balaban J connectivity index is 1.95. The Kier molecular flexibility index (Phi) is 4.19. The van der Waals surface area contributed by atoms with Crippen LogP contribution < -0.4 is 11.5 Å². The average molecular weight is 220 g/mol. The molecule has 2 bridgehead atoms. The van der Waals surface area contributed by atoms with Gasteiger partial charge < -0.3 is 11.5 Å². The van der Waals surface area contributed by atoms with Crippen molar-refractivity contribution in [2.45, 2.75) is 25.7 Å². The number of rotatable bonds is 4. The fraction of sp³-hybridized carbons (Fsp3) is 0.714. The SMILES string of the molecule is NC/C=C/C1CC2CCC1CC2/C=C/CN. The highest BCUT2D eigenvalue weighted by Gasteiger charge is 2.39. The molecule has 3 fully saturated rings. The second kappa shape index (κ2) is 5.65. The van der Waals surface area contributed by atoms with Gasteiger partial charge in [-0.05, 0) is 49.4 Å². The van der Waals surface area contributed by atoms with Crippen LogP contribution >= 0.6 is 0 Å². The van der Waals surface area contributed by atoms with Gasteiger partial charge in [-0.2, -0.15) is 0 Å². The highest BCUT2D eigenvalue weighted by Crippen LogP contribution is 2.49. The molecule has 0 heterocycles. The molecule has 2 nitrogen and oxygen atoms in total. The molecule has 0 radical (unpaired) electrons. The van der Waals surface area contributed by atoms with Crippen molar-refractivity contribution in [3.05, 3.63) is 24.3 Å². The predicted octanol–water partition coefficient (Wildman–Crippen LogP) is 2.07. The Hall–Kier alpha value is -0.600. The molecule has 16 heavy (non-hydrogen) atoms. The van der Waals surface area contributed by atoms with Gasteiger partial charge in [-0.25, -0.2) is 0 Å². The van der Waals surface area contributed by atoms with Gasteiger partial charge in [0, 0.05) is 13.1 Å². The van der Waals surface area contributed by atoms with Crippen LogP contribution in [-0.2, 0) is 0 Å². The van der Waals surface area contributed by atoms with Gasteiger partial charge in [-0.3, -0.25) is 0 Å². The summed E-state index contributed by atoms with van der Waals surface area (Å²) in [6.07, 6.45) is 14.5. The highest BCUT2D eigenvalue weighted by molar-refractivity contribution is 5.05. The first kappa shape index (κ1) is 11.9. The summed E-state index contributed by atoms with van der Waals surface area (Å²) in [4.78, 5) is 0. The van der Waals surface area contributed by atoms with Crippen molar-refractivity contribution < 1.29 is 0 Å². The Bertz CT molecular complexity index is 242. The van der Waals surface area contributed by atoms with E-state index in [0.29, 0.717) is 13.1 Å². The summed E-state index contributed by atoms with van der Waals surface area (Å²) in [5.74, 6) is 3.37. The molecular weight excluding hydrogens is 196 g/mol. The van der Waals surface area contributed by atoms with Crippen molar-refractivity contribution >= 4 is 0 Å². The second-order valence-electron chi connectivity index (χ2n) is 5.22. The van der Waals surface area contributed by atoms with Crippen molar-refractivity contribution in [2.24, 2.45) is 35.1 Å². The third-order valence-electron chi connectivity index (χ3n) is 4.31. The van der Waals surface area contributed by atoms with Gasteiger partial charge >= 0.3 is 0 Å². The summed E-state index contributed by atoms with van der Waals surface area (Å²) >= 11 is 0. The van der Waals surface area contributed by atoms with E-state index in [1.807, 2.05) is 0 Å². The third-order valence-corrected chi connectivity index (χ3v) is 4.31. The van der Waals surface area contributed by atoms with Crippen molar-refractivity contribution in [1.29, 1.82) is 0 Å². The van der Waals surface area contributed by atoms with Gasteiger partial charge in [0.15, 0.2) is 0 Å². The van der Waals surface area contributed by atoms with Gasteiger partial charge in [0.05, 0.1) is 0 Å². The van der Waals surface area contributed by atoms with Gasteiger partial charge in [-0.1, -0.05) is 24.3 Å². The van der Waals surface area contributed by atoms with Crippen molar-refractivity contribution in [3.8, 4) is 0 Å². The molecule has 0 aromatic rings. The predicted molar refractivity (Wildman–Crippen MR) is 68.8 cm³/mol. The lowest BCUT2D eigenvalue weighted by molar-refractivity contribution is 0.0870. The van der Waals surface area contributed by atoms with Crippen LogP contribution in [0.15, 0.2) is 24.3 Å². The van der Waals surface area contributed by atoms with E-state index in [1.165, 1.54) is 25.7 Å². The normalized spacial score (nSPS) is 38.9. The molecule has 2 heteroatoms. The first-order chi connectivity index (χ1) is 7.85. The summed E-state index contributed by atoms with van der Waals surface area (Å²) in [6.45, 7) is 1.37. The average Bonchev–Trinajstić information content (AvgIpc) is 2.34. The Morgan fingerprint density at radius 2 is 1.25 bits per heavy atom. The number of nitrogens with two attached hydrogens (primary N) is 2. The molecule has 3 saturated carbocycles. The molecule has 0 aliphatic heterocycles. The Morgan fingerprint density at radius 1 is 0.812 bits per heavy atom. The van der Waals surface area contributed by atoms with E-state index < -0.39 is 0 Å². The molecule has 0 saturated heterocycles. The molecule has 3 aliphatic carbocycles. The lowest BCUT2D eigenvalue weighted by Gasteiger charge is -2.45. The van der Waals surface area contributed by atoms with Gasteiger partial charge in [0.1, 0.15) is 0 Å². The molecular formula is C14H24N2. The minimum Gasteiger partial charge on any atom is -0.327 e. The summed E-state index contributed by atoms with van der Waals surface area (Å²) in [7, 11) is 0. The van der Waals surface area contributed by atoms with Gasteiger partial charge in [0.25, 0.3) is 0 Å². The molecule has 0 aromatic heterocycles. The van der Waals surface area contributed by atoms with Crippen LogP contribution in [0, 0.1) is 23.7 Å². The lowest BCUT2D eigenvalue weighted by atomic mass is 9.60. The van der Waals surface area contributed by atoms with E-state index in [2.05, 4.69) is 24.3 Å². The fourth-order valence-corrected chi connectivity index (χ4v) is 3.50. The summed E-state index contributed by atoms with van der Waals surface area (Å²) in [6, 6.07) is 0. The molecule has 4 unspecified atom stereocenters. The molecule has 0 amide bonds. The smallest absolute Gasteiger partial charge is 0.0106 e. The van der Waals surface area contributed by atoms with Gasteiger partial charge in [0.2, 0.25) is 0 Å². The first-order valence-electron chi connectivity index (χ1n) is 6.58. The van der Waals surface area contributed by atoms with E-state index in [4.69, 9.17) is 11.5 Å². The topological polar surface area (TPSA) is 52.0 Å². The second-order valence-corrected chi connectivity index (χ2v) is 5.22. The minimum atomic E-state index is 0.685. The van der Waals surface area contributed by atoms with Crippen LogP contribution in [0.3, 0.4) is 0 Å². The Morgan fingerprint density at radius 3 is 1.56 bits per heavy atom.